The molecule has 4 heteroatoms. The van der Waals surface area contributed by atoms with E-state index in [1.54, 1.807) is 11.3 Å². The molecule has 2 nitrogen and oxygen atoms in total. The van der Waals surface area contributed by atoms with Crippen LogP contribution in [0.3, 0.4) is 0 Å². The van der Waals surface area contributed by atoms with Crippen molar-refractivity contribution in [2.75, 3.05) is 5.32 Å². The van der Waals surface area contributed by atoms with E-state index in [1.807, 2.05) is 66.9 Å². The maximum atomic E-state index is 12.7. The van der Waals surface area contributed by atoms with Crippen LogP contribution in [0.2, 0.25) is 5.02 Å². The fourth-order valence-electron chi connectivity index (χ4n) is 2.91. The lowest BCUT2D eigenvalue weighted by atomic mass is 9.99. The molecule has 3 aromatic carbocycles. The summed E-state index contributed by atoms with van der Waals surface area (Å²) in [7, 11) is 0. The number of carbonyl (C=O) groups is 1. The molecule has 1 heterocycles. The van der Waals surface area contributed by atoms with Gasteiger partial charge >= 0.3 is 0 Å². The van der Waals surface area contributed by atoms with Crippen LogP contribution in [-0.2, 0) is 4.79 Å². The van der Waals surface area contributed by atoms with E-state index in [0.717, 1.165) is 32.1 Å². The maximum Gasteiger partial charge on any atom is 0.236 e. The van der Waals surface area contributed by atoms with Gasteiger partial charge in [-0.2, -0.15) is 0 Å². The Bertz CT molecular complexity index is 1090. The van der Waals surface area contributed by atoms with E-state index in [-0.39, 0.29) is 5.91 Å². The van der Waals surface area contributed by atoms with Crippen LogP contribution in [0.15, 0.2) is 66.0 Å². The average molecular weight is 365 g/mol. The first kappa shape index (κ1) is 16.1. The van der Waals surface area contributed by atoms with Gasteiger partial charge in [0.05, 0.1) is 5.92 Å². The SMILES string of the molecule is C[C](C(=O)Nc1ccc2ccccc2c1)c1csc2ccc(Cl)cc12. The van der Waals surface area contributed by atoms with Gasteiger partial charge in [-0.05, 0) is 64.4 Å². The highest BCUT2D eigenvalue weighted by Crippen LogP contribution is 2.33. The zero-order chi connectivity index (χ0) is 17.4. The van der Waals surface area contributed by atoms with Crippen molar-refractivity contribution in [3.8, 4) is 0 Å². The van der Waals surface area contributed by atoms with Crippen LogP contribution in [-0.4, -0.2) is 5.91 Å². The summed E-state index contributed by atoms with van der Waals surface area (Å²) in [5, 5.41) is 8.96. The number of fused-ring (bicyclic) bond motifs is 2. The van der Waals surface area contributed by atoms with Gasteiger partial charge in [0.25, 0.3) is 0 Å². The van der Waals surface area contributed by atoms with Crippen molar-refractivity contribution >= 4 is 55.4 Å². The number of carbonyl (C=O) groups excluding carboxylic acids is 1. The topological polar surface area (TPSA) is 29.1 Å². The molecule has 1 N–H and O–H groups in total. The molecular formula is C21H15ClNOS. The molecule has 0 aliphatic rings. The van der Waals surface area contributed by atoms with Crippen LogP contribution in [0, 0.1) is 5.92 Å². The van der Waals surface area contributed by atoms with E-state index < -0.39 is 0 Å². The molecule has 0 aliphatic carbocycles. The Hall–Kier alpha value is -2.36. The molecule has 123 valence electrons. The number of hydrogen-bond donors (Lipinski definition) is 1. The molecule has 4 aromatic rings. The fraction of sp³-hybridized carbons (Fsp3) is 0.0476. The van der Waals surface area contributed by atoms with Crippen molar-refractivity contribution in [2.45, 2.75) is 6.92 Å². The second-order valence-electron chi connectivity index (χ2n) is 5.93. The van der Waals surface area contributed by atoms with E-state index in [2.05, 4.69) is 11.4 Å². The molecule has 0 atom stereocenters. The Labute approximate surface area is 155 Å². The van der Waals surface area contributed by atoms with Gasteiger partial charge in [0.1, 0.15) is 0 Å². The van der Waals surface area contributed by atoms with Crippen LogP contribution < -0.4 is 5.32 Å². The largest absolute Gasteiger partial charge is 0.325 e. The predicted octanol–water partition coefficient (Wildman–Crippen LogP) is 6.29. The first-order valence-corrected chi connectivity index (χ1v) is 9.18. The van der Waals surface area contributed by atoms with E-state index in [1.165, 1.54) is 0 Å². The zero-order valence-corrected chi connectivity index (χ0v) is 15.1. The fourth-order valence-corrected chi connectivity index (χ4v) is 4.07. The van der Waals surface area contributed by atoms with Gasteiger partial charge in [0.2, 0.25) is 5.91 Å². The van der Waals surface area contributed by atoms with Crippen molar-refractivity contribution in [1.82, 2.24) is 0 Å². The lowest BCUT2D eigenvalue weighted by Gasteiger charge is -2.12. The van der Waals surface area contributed by atoms with Crippen molar-refractivity contribution in [1.29, 1.82) is 0 Å². The summed E-state index contributed by atoms with van der Waals surface area (Å²) < 4.78 is 1.12. The molecule has 4 rings (SSSR count). The van der Waals surface area contributed by atoms with Gasteiger partial charge in [0, 0.05) is 15.4 Å². The first-order chi connectivity index (χ1) is 12.1. The second-order valence-corrected chi connectivity index (χ2v) is 7.28. The minimum absolute atomic E-state index is 0.102. The molecule has 0 saturated heterocycles. The first-order valence-electron chi connectivity index (χ1n) is 7.93. The molecular weight excluding hydrogens is 350 g/mol. The van der Waals surface area contributed by atoms with Gasteiger partial charge in [0.15, 0.2) is 0 Å². The van der Waals surface area contributed by atoms with Crippen molar-refractivity contribution in [3.05, 3.63) is 82.5 Å². The third-order valence-corrected chi connectivity index (χ3v) is 5.49. The lowest BCUT2D eigenvalue weighted by Crippen LogP contribution is -2.19. The molecule has 0 aliphatic heterocycles. The summed E-state index contributed by atoms with van der Waals surface area (Å²) in [4.78, 5) is 12.7. The third-order valence-electron chi connectivity index (χ3n) is 4.29. The number of nitrogens with one attached hydrogen (secondary N) is 1. The number of halogens is 1. The second kappa shape index (κ2) is 6.51. The minimum atomic E-state index is -0.102. The van der Waals surface area contributed by atoms with Crippen LogP contribution in [0.25, 0.3) is 20.9 Å². The highest BCUT2D eigenvalue weighted by molar-refractivity contribution is 7.17. The molecule has 1 amide bonds. The summed E-state index contributed by atoms with van der Waals surface area (Å²) in [6, 6.07) is 19.8. The Kier molecular flexibility index (Phi) is 4.20. The summed E-state index contributed by atoms with van der Waals surface area (Å²) in [5.74, 6) is 0.580. The molecule has 0 saturated carbocycles. The van der Waals surface area contributed by atoms with E-state index >= 15 is 0 Å². The predicted molar refractivity (Wildman–Crippen MR) is 107 cm³/mol. The molecule has 0 bridgehead atoms. The van der Waals surface area contributed by atoms with Gasteiger partial charge < -0.3 is 5.32 Å². The number of anilines is 1. The van der Waals surface area contributed by atoms with Gasteiger partial charge in [-0.3, -0.25) is 4.79 Å². The number of hydrogen-bond acceptors (Lipinski definition) is 2. The number of rotatable bonds is 3. The quantitative estimate of drug-likeness (QED) is 0.454. The van der Waals surface area contributed by atoms with Gasteiger partial charge in [-0.25, -0.2) is 0 Å². The Morgan fingerprint density at radius 3 is 2.64 bits per heavy atom. The number of benzene rings is 3. The highest BCUT2D eigenvalue weighted by atomic mass is 35.5. The van der Waals surface area contributed by atoms with Crippen LogP contribution in [0.4, 0.5) is 5.69 Å². The maximum absolute atomic E-state index is 12.7. The summed E-state index contributed by atoms with van der Waals surface area (Å²) >= 11 is 7.73. The highest BCUT2D eigenvalue weighted by Gasteiger charge is 2.20. The molecule has 0 spiro atoms. The molecule has 1 radical (unpaired) electrons. The van der Waals surface area contributed by atoms with Crippen LogP contribution >= 0.6 is 22.9 Å². The average Bonchev–Trinajstić information content (AvgIpc) is 3.04. The lowest BCUT2D eigenvalue weighted by molar-refractivity contribution is -0.114. The Balaban J connectivity index is 1.61. The van der Waals surface area contributed by atoms with Gasteiger partial charge in [-0.1, -0.05) is 41.9 Å². The summed E-state index contributed by atoms with van der Waals surface area (Å²) in [6.07, 6.45) is 0. The van der Waals surface area contributed by atoms with Crippen LogP contribution in [0.1, 0.15) is 12.5 Å². The molecule has 0 unspecified atom stereocenters. The standard InChI is InChI=1S/C21H15ClNOS/c1-13(19-12-25-20-9-7-16(22)11-18(19)20)21(24)23-17-8-6-14-4-2-3-5-15(14)10-17/h2-12H,1H3,(H,23,24). The summed E-state index contributed by atoms with van der Waals surface area (Å²) in [5.41, 5.74) is 1.72. The monoisotopic (exact) mass is 364 g/mol. The smallest absolute Gasteiger partial charge is 0.236 e. The van der Waals surface area contributed by atoms with E-state index in [4.69, 9.17) is 11.6 Å². The van der Waals surface area contributed by atoms with Gasteiger partial charge in [-0.15, -0.1) is 11.3 Å². The molecule has 25 heavy (non-hydrogen) atoms. The van der Waals surface area contributed by atoms with Crippen LogP contribution in [0.5, 0.6) is 0 Å². The molecule has 1 aromatic heterocycles. The van der Waals surface area contributed by atoms with E-state index in [0.29, 0.717) is 10.9 Å². The third kappa shape index (κ3) is 3.13. The number of amides is 1. The van der Waals surface area contributed by atoms with Crippen molar-refractivity contribution in [3.63, 3.8) is 0 Å². The Morgan fingerprint density at radius 2 is 1.80 bits per heavy atom. The zero-order valence-electron chi connectivity index (χ0n) is 13.5. The Morgan fingerprint density at radius 1 is 1.00 bits per heavy atom. The minimum Gasteiger partial charge on any atom is -0.325 e. The van der Waals surface area contributed by atoms with Crippen molar-refractivity contribution < 1.29 is 4.79 Å². The van der Waals surface area contributed by atoms with E-state index in [9.17, 15) is 4.79 Å². The number of thiophene rings is 1. The molecule has 0 fully saturated rings. The normalized spacial score (nSPS) is 11.3. The summed E-state index contributed by atoms with van der Waals surface area (Å²) in [6.45, 7) is 1.85. The van der Waals surface area contributed by atoms with Crippen molar-refractivity contribution in [2.24, 2.45) is 0 Å².